The zero-order chi connectivity index (χ0) is 12.8. The zero-order valence-electron chi connectivity index (χ0n) is 10.6. The molecule has 18 heavy (non-hydrogen) atoms. The predicted octanol–water partition coefficient (Wildman–Crippen LogP) is 2.62. The lowest BCUT2D eigenvalue weighted by Gasteiger charge is -2.40. The summed E-state index contributed by atoms with van der Waals surface area (Å²) in [4.78, 5) is 15.9. The van der Waals surface area contributed by atoms with Crippen molar-refractivity contribution in [2.45, 2.75) is 51.0 Å². The fraction of sp³-hybridized carbons (Fsp3) is 0.571. The number of nitrogens with one attached hydrogen (secondary N) is 1. The number of aromatic carboxylic acids is 1. The first-order valence-corrected chi connectivity index (χ1v) is 6.62. The summed E-state index contributed by atoms with van der Waals surface area (Å²) in [5.74, 6) is -0.326. The van der Waals surface area contributed by atoms with Gasteiger partial charge in [-0.3, -0.25) is 0 Å². The van der Waals surface area contributed by atoms with Crippen molar-refractivity contribution in [3.05, 3.63) is 22.9 Å². The number of fused-ring (bicyclic) bond motifs is 1. The third kappa shape index (κ3) is 1.85. The van der Waals surface area contributed by atoms with Crippen LogP contribution in [0, 0.1) is 0 Å². The molecule has 0 aromatic carbocycles. The van der Waals surface area contributed by atoms with Gasteiger partial charge < -0.3 is 10.4 Å². The Balaban J connectivity index is 1.98. The van der Waals surface area contributed by atoms with Gasteiger partial charge in [-0.2, -0.15) is 0 Å². The summed E-state index contributed by atoms with van der Waals surface area (Å²) in [6.45, 7) is 2.14. The summed E-state index contributed by atoms with van der Waals surface area (Å²) in [5, 5.41) is 12.6. The Morgan fingerprint density at radius 3 is 2.78 bits per heavy atom. The van der Waals surface area contributed by atoms with E-state index in [2.05, 4.69) is 17.2 Å². The average Bonchev–Trinajstić information content (AvgIpc) is 2.72. The Hall–Kier alpha value is -1.58. The second kappa shape index (κ2) is 3.97. The van der Waals surface area contributed by atoms with Crippen molar-refractivity contribution in [3.63, 3.8) is 0 Å². The van der Waals surface area contributed by atoms with Crippen molar-refractivity contribution in [1.29, 1.82) is 0 Å². The van der Waals surface area contributed by atoms with Crippen LogP contribution in [0.5, 0.6) is 0 Å². The van der Waals surface area contributed by atoms with E-state index < -0.39 is 5.97 Å². The fourth-order valence-corrected chi connectivity index (χ4v) is 2.85. The lowest BCUT2D eigenvalue weighted by atomic mass is 9.78. The van der Waals surface area contributed by atoms with E-state index in [1.54, 1.807) is 0 Å². The third-order valence-corrected chi connectivity index (χ3v) is 4.16. The molecule has 3 rings (SSSR count). The molecule has 0 unspecified atom stereocenters. The topological polar surface area (TPSA) is 62.2 Å². The van der Waals surface area contributed by atoms with Gasteiger partial charge in [-0.25, -0.2) is 9.78 Å². The quantitative estimate of drug-likeness (QED) is 0.860. The molecule has 4 heteroatoms. The van der Waals surface area contributed by atoms with Crippen LogP contribution in [0.2, 0.25) is 0 Å². The van der Waals surface area contributed by atoms with Crippen molar-refractivity contribution >= 4 is 11.8 Å². The van der Waals surface area contributed by atoms with Crippen LogP contribution in [0.3, 0.4) is 0 Å². The molecule has 4 nitrogen and oxygen atoms in total. The highest BCUT2D eigenvalue weighted by Gasteiger charge is 2.33. The normalized spacial score (nSPS) is 20.1. The Labute approximate surface area is 106 Å². The van der Waals surface area contributed by atoms with Gasteiger partial charge in [0.25, 0.3) is 0 Å². The molecule has 2 aliphatic rings. The van der Waals surface area contributed by atoms with Crippen molar-refractivity contribution in [2.75, 3.05) is 5.32 Å². The predicted molar refractivity (Wildman–Crippen MR) is 69.1 cm³/mol. The monoisotopic (exact) mass is 246 g/mol. The van der Waals surface area contributed by atoms with E-state index in [0.29, 0.717) is 11.4 Å². The molecule has 1 saturated carbocycles. The maximum Gasteiger partial charge on any atom is 0.339 e. The van der Waals surface area contributed by atoms with Crippen LogP contribution in [0.4, 0.5) is 5.82 Å². The molecule has 1 fully saturated rings. The molecule has 0 amide bonds. The molecule has 1 heterocycles. The molecular weight excluding hydrogens is 228 g/mol. The highest BCUT2D eigenvalue weighted by molar-refractivity contribution is 5.93. The van der Waals surface area contributed by atoms with Gasteiger partial charge in [0.2, 0.25) is 0 Å². The largest absolute Gasteiger partial charge is 0.478 e. The third-order valence-electron chi connectivity index (χ3n) is 4.16. The number of carbonyl (C=O) groups is 1. The Morgan fingerprint density at radius 1 is 1.39 bits per heavy atom. The number of nitrogens with zero attached hydrogens (tertiary/aromatic N) is 1. The van der Waals surface area contributed by atoms with Crippen LogP contribution in [-0.4, -0.2) is 21.6 Å². The molecular formula is C14H18N2O2. The van der Waals surface area contributed by atoms with E-state index in [9.17, 15) is 9.90 Å². The highest BCUT2D eigenvalue weighted by atomic mass is 16.4. The molecule has 0 spiro atoms. The number of aromatic nitrogens is 1. The maximum absolute atomic E-state index is 11.3. The summed E-state index contributed by atoms with van der Waals surface area (Å²) in [6.07, 6.45) is 6.40. The molecule has 2 N–H and O–H groups in total. The summed E-state index contributed by atoms with van der Waals surface area (Å²) < 4.78 is 0. The van der Waals surface area contributed by atoms with Gasteiger partial charge in [0.15, 0.2) is 0 Å². The number of hydrogen-bond acceptors (Lipinski definition) is 3. The summed E-state index contributed by atoms with van der Waals surface area (Å²) >= 11 is 0. The molecule has 0 aliphatic heterocycles. The van der Waals surface area contributed by atoms with Gasteiger partial charge in [-0.15, -0.1) is 0 Å². The number of rotatable bonds is 3. The number of pyridine rings is 1. The lowest BCUT2D eigenvalue weighted by molar-refractivity contribution is 0.0697. The van der Waals surface area contributed by atoms with E-state index in [1.165, 1.54) is 6.42 Å². The smallest absolute Gasteiger partial charge is 0.339 e. The van der Waals surface area contributed by atoms with Crippen molar-refractivity contribution in [1.82, 2.24) is 4.98 Å². The SMILES string of the molecule is CC1(Nc2nc3c(cc2C(=O)O)CCC3)CCC1. The Bertz CT molecular complexity index is 507. The summed E-state index contributed by atoms with van der Waals surface area (Å²) in [5.41, 5.74) is 2.54. The number of aryl methyl sites for hydroxylation is 2. The minimum atomic E-state index is -0.886. The molecule has 0 saturated heterocycles. The van der Waals surface area contributed by atoms with E-state index >= 15 is 0 Å². The Kier molecular flexibility index (Phi) is 2.54. The van der Waals surface area contributed by atoms with Crippen molar-refractivity contribution < 1.29 is 9.90 Å². The zero-order valence-corrected chi connectivity index (χ0v) is 10.6. The van der Waals surface area contributed by atoms with E-state index in [-0.39, 0.29) is 5.54 Å². The molecule has 0 bridgehead atoms. The summed E-state index contributed by atoms with van der Waals surface area (Å²) in [6, 6.07) is 1.81. The van der Waals surface area contributed by atoms with Crippen LogP contribution >= 0.6 is 0 Å². The van der Waals surface area contributed by atoms with E-state index in [1.807, 2.05) is 6.07 Å². The van der Waals surface area contributed by atoms with Gasteiger partial charge in [0, 0.05) is 11.2 Å². The van der Waals surface area contributed by atoms with Crippen LogP contribution < -0.4 is 5.32 Å². The fourth-order valence-electron chi connectivity index (χ4n) is 2.85. The van der Waals surface area contributed by atoms with Crippen molar-refractivity contribution in [2.24, 2.45) is 0 Å². The minimum Gasteiger partial charge on any atom is -0.478 e. The second-order valence-corrected chi connectivity index (χ2v) is 5.69. The molecule has 1 aromatic heterocycles. The number of hydrogen-bond donors (Lipinski definition) is 2. The van der Waals surface area contributed by atoms with Crippen LogP contribution in [0.1, 0.15) is 54.2 Å². The minimum absolute atomic E-state index is 0.0318. The first-order chi connectivity index (χ1) is 8.57. The van der Waals surface area contributed by atoms with E-state index in [4.69, 9.17) is 0 Å². The first kappa shape index (κ1) is 11.5. The average molecular weight is 246 g/mol. The van der Waals surface area contributed by atoms with Gasteiger partial charge in [-0.05, 0) is 57.1 Å². The number of carboxylic acids is 1. The van der Waals surface area contributed by atoms with Crippen LogP contribution in [0.15, 0.2) is 6.07 Å². The molecule has 96 valence electrons. The van der Waals surface area contributed by atoms with Gasteiger partial charge in [0.1, 0.15) is 11.4 Å². The van der Waals surface area contributed by atoms with Gasteiger partial charge in [-0.1, -0.05) is 0 Å². The molecule has 0 radical (unpaired) electrons. The van der Waals surface area contributed by atoms with Crippen molar-refractivity contribution in [3.8, 4) is 0 Å². The molecule has 1 aromatic rings. The van der Waals surface area contributed by atoms with Crippen LogP contribution in [-0.2, 0) is 12.8 Å². The molecule has 2 aliphatic carbocycles. The molecule has 0 atom stereocenters. The number of carboxylic acid groups (broad SMARTS) is 1. The lowest BCUT2D eigenvalue weighted by Crippen LogP contribution is -2.42. The summed E-state index contributed by atoms with van der Waals surface area (Å²) in [7, 11) is 0. The Morgan fingerprint density at radius 2 is 2.17 bits per heavy atom. The van der Waals surface area contributed by atoms with E-state index in [0.717, 1.165) is 43.4 Å². The first-order valence-electron chi connectivity index (χ1n) is 6.62. The second-order valence-electron chi connectivity index (χ2n) is 5.69. The van der Waals surface area contributed by atoms with Gasteiger partial charge >= 0.3 is 5.97 Å². The highest BCUT2D eigenvalue weighted by Crippen LogP contribution is 2.36. The maximum atomic E-state index is 11.3. The van der Waals surface area contributed by atoms with Gasteiger partial charge in [0.05, 0.1) is 0 Å². The number of anilines is 1. The standard InChI is InChI=1S/C14H18N2O2/c1-14(6-3-7-14)16-12-10(13(17)18)8-9-4-2-5-11(9)15-12/h8H,2-7H2,1H3,(H,15,16)(H,17,18). The van der Waals surface area contributed by atoms with Crippen LogP contribution in [0.25, 0.3) is 0 Å².